The average molecular weight is 447 g/mol. The van der Waals surface area contributed by atoms with E-state index in [2.05, 4.69) is 30.0 Å². The number of hydrogen-bond donors (Lipinski definition) is 1. The number of hydrogen-bond acceptors (Lipinski definition) is 5. The largest absolute Gasteiger partial charge is 0.312 e. The topological polar surface area (TPSA) is 58.9 Å². The van der Waals surface area contributed by atoms with Crippen LogP contribution in [0.25, 0.3) is 11.2 Å². The Hall–Kier alpha value is -2.32. The molecule has 0 atom stereocenters. The highest BCUT2D eigenvalue weighted by atomic mass is 35.5. The van der Waals surface area contributed by atoms with Crippen LogP contribution in [0.1, 0.15) is 50.1 Å². The minimum absolute atomic E-state index is 0.206. The Morgan fingerprint density at radius 1 is 1.00 bits per heavy atom. The number of rotatable bonds is 5. The number of halogens is 3. The molecule has 1 N–H and O–H groups in total. The van der Waals surface area contributed by atoms with E-state index in [0.29, 0.717) is 29.8 Å². The lowest BCUT2D eigenvalue weighted by Crippen LogP contribution is -2.38. The normalized spacial score (nSPS) is 18.8. The molecule has 5 rings (SSSR count). The van der Waals surface area contributed by atoms with Crippen molar-refractivity contribution >= 4 is 28.6 Å². The summed E-state index contributed by atoms with van der Waals surface area (Å²) in [5.41, 5.74) is 5.59. The van der Waals surface area contributed by atoms with E-state index in [9.17, 15) is 8.78 Å². The van der Waals surface area contributed by atoms with Crippen molar-refractivity contribution in [3.8, 4) is 0 Å². The molecule has 31 heavy (non-hydrogen) atoms. The number of hydrazine groups is 1. The molecule has 3 heterocycles. The van der Waals surface area contributed by atoms with Crippen molar-refractivity contribution in [1.82, 2.24) is 24.5 Å². The van der Waals surface area contributed by atoms with Crippen LogP contribution < -0.4 is 5.43 Å². The molecule has 1 saturated heterocycles. The van der Waals surface area contributed by atoms with Crippen molar-refractivity contribution in [2.45, 2.75) is 51.0 Å². The van der Waals surface area contributed by atoms with E-state index in [-0.39, 0.29) is 5.28 Å². The van der Waals surface area contributed by atoms with Crippen LogP contribution in [0, 0.1) is 17.6 Å². The maximum Gasteiger partial charge on any atom is 0.226 e. The number of nitrogens with one attached hydrogen (secondary N) is 1. The Bertz CT molecular complexity index is 1050. The summed E-state index contributed by atoms with van der Waals surface area (Å²) in [5, 5.41) is 2.31. The van der Waals surface area contributed by atoms with Gasteiger partial charge in [-0.25, -0.2) is 18.8 Å². The summed E-state index contributed by atoms with van der Waals surface area (Å²) >= 11 is 6.23. The molecule has 0 bridgehead atoms. The first-order chi connectivity index (χ1) is 15.0. The Balaban J connectivity index is 1.26. The molecule has 164 valence electrons. The van der Waals surface area contributed by atoms with Crippen LogP contribution >= 0.6 is 11.6 Å². The third-order valence-electron chi connectivity index (χ3n) is 6.44. The fourth-order valence-corrected chi connectivity index (χ4v) is 5.04. The molecular formula is C22H25ClF2N6. The molecule has 9 heteroatoms. The van der Waals surface area contributed by atoms with Gasteiger partial charge in [0.25, 0.3) is 0 Å². The maximum atomic E-state index is 13.5. The fourth-order valence-electron chi connectivity index (χ4n) is 4.88. The van der Waals surface area contributed by atoms with Gasteiger partial charge in [0, 0.05) is 25.2 Å². The number of benzene rings is 1. The van der Waals surface area contributed by atoms with Gasteiger partial charge in [-0.3, -0.25) is 0 Å². The Labute approximate surface area is 184 Å². The van der Waals surface area contributed by atoms with Crippen LogP contribution in [0.3, 0.4) is 0 Å². The molecule has 2 aromatic heterocycles. The predicted molar refractivity (Wildman–Crippen MR) is 116 cm³/mol. The Kier molecular flexibility index (Phi) is 5.75. The number of anilines is 1. The lowest BCUT2D eigenvalue weighted by molar-refractivity contribution is 0.216. The third kappa shape index (κ3) is 4.50. The van der Waals surface area contributed by atoms with Crippen LogP contribution in [0.5, 0.6) is 0 Å². The van der Waals surface area contributed by atoms with Crippen LogP contribution in [0.15, 0.2) is 24.5 Å². The van der Waals surface area contributed by atoms with Crippen LogP contribution in [-0.2, 0) is 6.42 Å². The van der Waals surface area contributed by atoms with Gasteiger partial charge in [-0.05, 0) is 67.3 Å². The van der Waals surface area contributed by atoms with Crippen molar-refractivity contribution in [3.05, 3.63) is 47.0 Å². The molecule has 0 unspecified atom stereocenters. The smallest absolute Gasteiger partial charge is 0.226 e. The van der Waals surface area contributed by atoms with Crippen molar-refractivity contribution in [2.75, 3.05) is 18.5 Å². The second-order valence-electron chi connectivity index (χ2n) is 8.63. The minimum Gasteiger partial charge on any atom is -0.312 e. The number of nitrogens with zero attached hydrogens (tertiary/aromatic N) is 5. The van der Waals surface area contributed by atoms with Gasteiger partial charge in [0.05, 0.1) is 6.33 Å². The summed E-state index contributed by atoms with van der Waals surface area (Å²) in [6.07, 6.45) is 9.10. The highest BCUT2D eigenvalue weighted by Gasteiger charge is 2.24. The van der Waals surface area contributed by atoms with Gasteiger partial charge < -0.3 is 9.99 Å². The highest BCUT2D eigenvalue weighted by Crippen LogP contribution is 2.33. The number of aromatic nitrogens is 4. The monoisotopic (exact) mass is 446 g/mol. The summed E-state index contributed by atoms with van der Waals surface area (Å²) in [5.74, 6) is -0.0289. The summed E-state index contributed by atoms with van der Waals surface area (Å²) in [6.45, 7) is 1.60. The first-order valence-electron chi connectivity index (χ1n) is 10.9. The zero-order chi connectivity index (χ0) is 21.4. The van der Waals surface area contributed by atoms with Crippen LogP contribution in [0.4, 0.5) is 14.6 Å². The second kappa shape index (κ2) is 8.67. The van der Waals surface area contributed by atoms with Gasteiger partial charge in [0.1, 0.15) is 11.6 Å². The van der Waals surface area contributed by atoms with Gasteiger partial charge in [-0.1, -0.05) is 12.8 Å². The SMILES string of the molecule is Fc1cc(F)cc(CC2CCN(Nc3nc(Cl)nc4c3ncn4C3CCCC3)CC2)c1. The van der Waals surface area contributed by atoms with Gasteiger partial charge in [0.2, 0.25) is 5.28 Å². The molecule has 6 nitrogen and oxygen atoms in total. The van der Waals surface area contributed by atoms with E-state index in [1.807, 2.05) is 6.33 Å². The molecule has 0 radical (unpaired) electrons. The zero-order valence-electron chi connectivity index (χ0n) is 17.2. The highest BCUT2D eigenvalue weighted by molar-refractivity contribution is 6.28. The van der Waals surface area contributed by atoms with E-state index < -0.39 is 11.6 Å². The van der Waals surface area contributed by atoms with Crippen LogP contribution in [0.2, 0.25) is 5.28 Å². The van der Waals surface area contributed by atoms with E-state index >= 15 is 0 Å². The van der Waals surface area contributed by atoms with Gasteiger partial charge in [-0.15, -0.1) is 0 Å². The predicted octanol–water partition coefficient (Wildman–Crippen LogP) is 5.15. The molecular weight excluding hydrogens is 422 g/mol. The summed E-state index contributed by atoms with van der Waals surface area (Å²) in [4.78, 5) is 13.4. The molecule has 3 aromatic rings. The fraction of sp³-hybridized carbons (Fsp3) is 0.500. The van der Waals surface area contributed by atoms with Crippen molar-refractivity contribution in [2.24, 2.45) is 5.92 Å². The first kappa shape index (κ1) is 20.6. The third-order valence-corrected chi connectivity index (χ3v) is 6.61. The molecule has 1 aliphatic heterocycles. The molecule has 1 saturated carbocycles. The quantitative estimate of drug-likeness (QED) is 0.549. The standard InChI is InChI=1S/C22H25ClF2N6/c23-22-27-20(19-21(28-22)31(13-26-19)18-3-1-2-4-18)29-30-7-5-14(6-8-30)9-15-10-16(24)12-17(25)11-15/h10-14,18H,1-9H2,(H,27,28,29). The molecule has 2 fully saturated rings. The van der Waals surface area contributed by atoms with Gasteiger partial charge in [-0.2, -0.15) is 9.97 Å². The summed E-state index contributed by atoms with van der Waals surface area (Å²) < 4.78 is 29.0. The van der Waals surface area contributed by atoms with Gasteiger partial charge >= 0.3 is 0 Å². The zero-order valence-corrected chi connectivity index (χ0v) is 18.0. The molecule has 1 aromatic carbocycles. The van der Waals surface area contributed by atoms with E-state index in [1.54, 1.807) is 0 Å². The summed E-state index contributed by atoms with van der Waals surface area (Å²) in [6, 6.07) is 4.19. The Morgan fingerprint density at radius 2 is 1.71 bits per heavy atom. The van der Waals surface area contributed by atoms with Crippen molar-refractivity contribution < 1.29 is 8.78 Å². The van der Waals surface area contributed by atoms with Crippen LogP contribution in [-0.4, -0.2) is 37.6 Å². The van der Waals surface area contributed by atoms with E-state index in [1.165, 1.54) is 25.0 Å². The number of imidazole rings is 1. The Morgan fingerprint density at radius 3 is 2.42 bits per heavy atom. The van der Waals surface area contributed by atoms with Crippen molar-refractivity contribution in [1.29, 1.82) is 0 Å². The van der Waals surface area contributed by atoms with E-state index in [4.69, 9.17) is 11.6 Å². The first-order valence-corrected chi connectivity index (χ1v) is 11.3. The molecule has 2 aliphatic rings. The summed E-state index contributed by atoms with van der Waals surface area (Å²) in [7, 11) is 0. The average Bonchev–Trinajstić information content (AvgIpc) is 3.38. The molecule has 0 amide bonds. The number of fused-ring (bicyclic) bond motifs is 1. The minimum atomic E-state index is -0.518. The molecule has 1 aliphatic carbocycles. The maximum absolute atomic E-state index is 13.5. The van der Waals surface area contributed by atoms with Gasteiger partial charge in [0.15, 0.2) is 17.0 Å². The van der Waals surface area contributed by atoms with E-state index in [0.717, 1.165) is 56.0 Å². The van der Waals surface area contributed by atoms with Crippen molar-refractivity contribution in [3.63, 3.8) is 0 Å². The lowest BCUT2D eigenvalue weighted by Gasteiger charge is -2.32. The lowest BCUT2D eigenvalue weighted by atomic mass is 9.90. The second-order valence-corrected chi connectivity index (χ2v) is 8.97. The number of piperidine rings is 1. The molecule has 0 spiro atoms.